The van der Waals surface area contributed by atoms with Crippen LogP contribution in [0.25, 0.3) is 11.4 Å². The first-order chi connectivity index (χ1) is 9.69. The number of nitrogens with one attached hydrogen (secondary N) is 1. The van der Waals surface area contributed by atoms with Crippen molar-refractivity contribution in [2.24, 2.45) is 0 Å². The van der Waals surface area contributed by atoms with Crippen LogP contribution in [-0.2, 0) is 0 Å². The zero-order valence-electron chi connectivity index (χ0n) is 12.4. The van der Waals surface area contributed by atoms with Gasteiger partial charge in [0.05, 0.1) is 13.0 Å². The molecule has 1 N–H and O–H groups in total. The third-order valence-electron chi connectivity index (χ3n) is 3.59. The maximum absolute atomic E-state index is 5.43. The predicted molar refractivity (Wildman–Crippen MR) is 77.8 cm³/mol. The molecule has 2 unspecified atom stereocenters. The second-order valence-corrected chi connectivity index (χ2v) is 4.78. The third kappa shape index (κ3) is 2.99. The van der Waals surface area contributed by atoms with Gasteiger partial charge >= 0.3 is 0 Å². The van der Waals surface area contributed by atoms with Gasteiger partial charge in [-0.1, -0.05) is 24.2 Å². The molecule has 5 heteroatoms. The lowest BCUT2D eigenvalue weighted by molar-refractivity contribution is 0.322. The molecule has 0 saturated heterocycles. The Kier molecular flexibility index (Phi) is 4.74. The number of hydrogen-bond acceptors (Lipinski definition) is 5. The Morgan fingerprint density at radius 3 is 2.85 bits per heavy atom. The van der Waals surface area contributed by atoms with Crippen molar-refractivity contribution < 1.29 is 9.26 Å². The van der Waals surface area contributed by atoms with Crippen molar-refractivity contribution in [3.05, 3.63) is 30.2 Å². The second kappa shape index (κ2) is 6.52. The smallest absolute Gasteiger partial charge is 0.231 e. The van der Waals surface area contributed by atoms with Gasteiger partial charge in [-0.05, 0) is 32.5 Å². The van der Waals surface area contributed by atoms with Gasteiger partial charge in [0.1, 0.15) is 5.75 Å². The zero-order valence-corrected chi connectivity index (χ0v) is 12.4. The molecule has 0 radical (unpaired) electrons. The van der Waals surface area contributed by atoms with Gasteiger partial charge in [-0.25, -0.2) is 0 Å². The molecule has 0 spiro atoms. The molecule has 0 aliphatic rings. The topological polar surface area (TPSA) is 60.2 Å². The summed E-state index contributed by atoms with van der Waals surface area (Å²) in [6.07, 6.45) is 0.946. The molecule has 2 aromatic rings. The van der Waals surface area contributed by atoms with E-state index in [4.69, 9.17) is 9.26 Å². The number of methoxy groups -OCH3 is 1. The summed E-state index contributed by atoms with van der Waals surface area (Å²) in [5, 5.41) is 7.31. The summed E-state index contributed by atoms with van der Waals surface area (Å²) in [5.41, 5.74) is 0.895. The van der Waals surface area contributed by atoms with Gasteiger partial charge in [0.2, 0.25) is 11.7 Å². The summed E-state index contributed by atoms with van der Waals surface area (Å²) < 4.78 is 10.6. The Morgan fingerprint density at radius 2 is 2.20 bits per heavy atom. The Balaban J connectivity index is 2.27. The Morgan fingerprint density at radius 1 is 1.40 bits per heavy atom. The highest BCUT2D eigenvalue weighted by Crippen LogP contribution is 2.26. The zero-order chi connectivity index (χ0) is 14.5. The minimum atomic E-state index is 0.215. The van der Waals surface area contributed by atoms with Gasteiger partial charge in [0.15, 0.2) is 0 Å². The SMILES string of the molecule is CCC(c1nc(-c2cccc(OC)c2)no1)C(C)NC. The van der Waals surface area contributed by atoms with Gasteiger partial charge < -0.3 is 14.6 Å². The van der Waals surface area contributed by atoms with Crippen molar-refractivity contribution in [3.63, 3.8) is 0 Å². The standard InChI is InChI=1S/C15H21N3O2/c1-5-13(10(2)16-3)15-17-14(18-20-15)11-7-6-8-12(9-11)19-4/h6-10,13,16H,5H2,1-4H3. The van der Waals surface area contributed by atoms with E-state index in [1.807, 2.05) is 31.3 Å². The van der Waals surface area contributed by atoms with E-state index in [-0.39, 0.29) is 5.92 Å². The molecular weight excluding hydrogens is 254 g/mol. The van der Waals surface area contributed by atoms with Crippen LogP contribution in [-0.4, -0.2) is 30.3 Å². The van der Waals surface area contributed by atoms with Crippen LogP contribution in [0.4, 0.5) is 0 Å². The van der Waals surface area contributed by atoms with Gasteiger partial charge in [0.25, 0.3) is 0 Å². The number of hydrogen-bond donors (Lipinski definition) is 1. The Hall–Kier alpha value is -1.88. The molecule has 5 nitrogen and oxygen atoms in total. The minimum Gasteiger partial charge on any atom is -0.497 e. The quantitative estimate of drug-likeness (QED) is 0.878. The van der Waals surface area contributed by atoms with Crippen molar-refractivity contribution in [2.75, 3.05) is 14.2 Å². The van der Waals surface area contributed by atoms with Crippen LogP contribution in [0.5, 0.6) is 5.75 Å². The highest BCUT2D eigenvalue weighted by molar-refractivity contribution is 5.56. The summed E-state index contributed by atoms with van der Waals surface area (Å²) in [4.78, 5) is 4.52. The molecule has 1 aromatic carbocycles. The summed E-state index contributed by atoms with van der Waals surface area (Å²) >= 11 is 0. The van der Waals surface area contributed by atoms with E-state index in [0.29, 0.717) is 17.8 Å². The van der Waals surface area contributed by atoms with E-state index < -0.39 is 0 Å². The first-order valence-corrected chi connectivity index (χ1v) is 6.84. The third-order valence-corrected chi connectivity index (χ3v) is 3.59. The number of aromatic nitrogens is 2. The predicted octanol–water partition coefficient (Wildman–Crippen LogP) is 2.85. The molecule has 1 aromatic heterocycles. The van der Waals surface area contributed by atoms with Crippen LogP contribution < -0.4 is 10.1 Å². The van der Waals surface area contributed by atoms with Crippen molar-refractivity contribution in [2.45, 2.75) is 32.2 Å². The number of likely N-dealkylation sites (N-methyl/N-ethyl adjacent to an activating group) is 1. The number of rotatable bonds is 6. The van der Waals surface area contributed by atoms with E-state index in [0.717, 1.165) is 17.7 Å². The van der Waals surface area contributed by atoms with Crippen LogP contribution in [0, 0.1) is 0 Å². The second-order valence-electron chi connectivity index (χ2n) is 4.78. The molecule has 2 rings (SSSR count). The summed E-state index contributed by atoms with van der Waals surface area (Å²) in [6, 6.07) is 7.94. The normalized spacial score (nSPS) is 14.0. The van der Waals surface area contributed by atoms with E-state index in [1.165, 1.54) is 0 Å². The molecule has 20 heavy (non-hydrogen) atoms. The molecule has 108 valence electrons. The average Bonchev–Trinajstić information content (AvgIpc) is 2.97. The van der Waals surface area contributed by atoms with Crippen LogP contribution in [0.2, 0.25) is 0 Å². The monoisotopic (exact) mass is 275 g/mol. The Labute approximate surface area is 119 Å². The first kappa shape index (κ1) is 14.5. The summed E-state index contributed by atoms with van der Waals surface area (Å²) in [7, 11) is 3.58. The molecule has 1 heterocycles. The van der Waals surface area contributed by atoms with Crippen LogP contribution in [0.1, 0.15) is 32.1 Å². The maximum atomic E-state index is 5.43. The number of benzene rings is 1. The average molecular weight is 275 g/mol. The van der Waals surface area contributed by atoms with Gasteiger partial charge in [-0.15, -0.1) is 0 Å². The summed E-state index contributed by atoms with van der Waals surface area (Å²) in [5.74, 6) is 2.27. The molecule has 0 amide bonds. The van der Waals surface area contributed by atoms with Gasteiger partial charge in [0, 0.05) is 11.6 Å². The molecule has 0 aliphatic heterocycles. The minimum absolute atomic E-state index is 0.215. The van der Waals surface area contributed by atoms with Crippen LogP contribution in [0.15, 0.2) is 28.8 Å². The molecular formula is C15H21N3O2. The molecule has 2 atom stereocenters. The summed E-state index contributed by atoms with van der Waals surface area (Å²) in [6.45, 7) is 4.23. The van der Waals surface area contributed by atoms with Crippen LogP contribution in [0.3, 0.4) is 0 Å². The molecule has 0 aliphatic carbocycles. The molecule has 0 saturated carbocycles. The lowest BCUT2D eigenvalue weighted by Crippen LogP contribution is -2.28. The maximum Gasteiger partial charge on any atom is 0.231 e. The van der Waals surface area contributed by atoms with Crippen molar-refractivity contribution in [3.8, 4) is 17.1 Å². The largest absolute Gasteiger partial charge is 0.497 e. The number of ether oxygens (including phenoxy) is 1. The van der Waals surface area contributed by atoms with Gasteiger partial charge in [-0.3, -0.25) is 0 Å². The molecule has 0 bridgehead atoms. The fourth-order valence-corrected chi connectivity index (χ4v) is 2.21. The van der Waals surface area contributed by atoms with E-state index in [2.05, 4.69) is 29.3 Å². The number of nitrogens with zero attached hydrogens (tertiary/aromatic N) is 2. The van der Waals surface area contributed by atoms with E-state index >= 15 is 0 Å². The molecule has 0 fully saturated rings. The van der Waals surface area contributed by atoms with E-state index in [1.54, 1.807) is 7.11 Å². The fourth-order valence-electron chi connectivity index (χ4n) is 2.21. The van der Waals surface area contributed by atoms with Crippen molar-refractivity contribution in [1.29, 1.82) is 0 Å². The van der Waals surface area contributed by atoms with E-state index in [9.17, 15) is 0 Å². The fraction of sp³-hybridized carbons (Fsp3) is 0.467. The Bertz CT molecular complexity index is 554. The van der Waals surface area contributed by atoms with Crippen LogP contribution >= 0.6 is 0 Å². The lowest BCUT2D eigenvalue weighted by atomic mass is 9.98. The first-order valence-electron chi connectivity index (χ1n) is 6.84. The highest BCUT2D eigenvalue weighted by Gasteiger charge is 2.22. The van der Waals surface area contributed by atoms with Crippen molar-refractivity contribution in [1.82, 2.24) is 15.5 Å². The van der Waals surface area contributed by atoms with Crippen molar-refractivity contribution >= 4 is 0 Å². The van der Waals surface area contributed by atoms with Gasteiger partial charge in [-0.2, -0.15) is 4.98 Å². The lowest BCUT2D eigenvalue weighted by Gasteiger charge is -2.17. The highest BCUT2D eigenvalue weighted by atomic mass is 16.5.